The van der Waals surface area contributed by atoms with Crippen LogP contribution in [0.15, 0.2) is 12.3 Å². The minimum absolute atomic E-state index is 0.382. The van der Waals surface area contributed by atoms with Gasteiger partial charge in [-0.3, -0.25) is 9.48 Å². The maximum atomic E-state index is 11.4. The molecule has 0 atom stereocenters. The van der Waals surface area contributed by atoms with E-state index in [1.165, 1.54) is 5.69 Å². The molecule has 1 aromatic rings. The van der Waals surface area contributed by atoms with E-state index in [0.717, 1.165) is 12.8 Å². The van der Waals surface area contributed by atoms with Gasteiger partial charge in [-0.25, -0.2) is 0 Å². The average Bonchev–Trinajstić information content (AvgIpc) is 2.50. The Morgan fingerprint density at radius 3 is 2.80 bits per heavy atom. The predicted molar refractivity (Wildman–Crippen MR) is 60.6 cm³/mol. The van der Waals surface area contributed by atoms with E-state index in [9.17, 15) is 4.79 Å². The molecular weight excluding hydrogens is 188 g/mol. The van der Waals surface area contributed by atoms with Crippen molar-refractivity contribution in [3.05, 3.63) is 18.0 Å². The monoisotopic (exact) mass is 208 g/mol. The molecule has 0 fully saturated rings. The Labute approximate surface area is 91.5 Å². The highest BCUT2D eigenvalue weighted by Crippen LogP contribution is 2.08. The number of ketones is 1. The number of Topliss-reactive ketones (excluding diaryl/α,β-unsaturated/α-hetero) is 1. The summed E-state index contributed by atoms with van der Waals surface area (Å²) >= 11 is 0. The number of hydrogen-bond donors (Lipinski definition) is 0. The summed E-state index contributed by atoms with van der Waals surface area (Å²) in [7, 11) is 1.94. The van der Waals surface area contributed by atoms with Gasteiger partial charge in [0.05, 0.1) is 0 Å². The molecule has 1 aromatic heterocycles. The smallest absolute Gasteiger partial charge is 0.133 e. The summed E-state index contributed by atoms with van der Waals surface area (Å²) in [6.07, 6.45) is 5.09. The second-order valence-electron chi connectivity index (χ2n) is 4.44. The van der Waals surface area contributed by atoms with Crippen molar-refractivity contribution in [1.29, 1.82) is 0 Å². The van der Waals surface area contributed by atoms with Crippen LogP contribution in [0, 0.1) is 5.92 Å². The van der Waals surface area contributed by atoms with E-state index < -0.39 is 0 Å². The molecule has 0 spiro atoms. The zero-order chi connectivity index (χ0) is 11.3. The van der Waals surface area contributed by atoms with Crippen molar-refractivity contribution < 1.29 is 4.79 Å². The van der Waals surface area contributed by atoms with E-state index in [2.05, 4.69) is 18.9 Å². The lowest BCUT2D eigenvalue weighted by Gasteiger charge is -2.04. The molecule has 0 aliphatic carbocycles. The van der Waals surface area contributed by atoms with Crippen molar-refractivity contribution in [2.75, 3.05) is 0 Å². The molecule has 0 aliphatic heterocycles. The molecule has 0 aromatic carbocycles. The molecule has 1 rings (SSSR count). The molecule has 0 bridgehead atoms. The lowest BCUT2D eigenvalue weighted by Crippen LogP contribution is -2.04. The minimum Gasteiger partial charge on any atom is -0.300 e. The summed E-state index contributed by atoms with van der Waals surface area (Å²) < 4.78 is 1.87. The van der Waals surface area contributed by atoms with Crippen molar-refractivity contribution in [2.24, 2.45) is 13.0 Å². The van der Waals surface area contributed by atoms with Crippen molar-refractivity contribution in [1.82, 2.24) is 9.78 Å². The van der Waals surface area contributed by atoms with Crippen LogP contribution in [0.2, 0.25) is 0 Å². The molecule has 0 unspecified atom stereocenters. The van der Waals surface area contributed by atoms with E-state index in [1.807, 2.05) is 17.8 Å². The van der Waals surface area contributed by atoms with Gasteiger partial charge in [0.15, 0.2) is 0 Å². The Bertz CT molecular complexity index is 315. The topological polar surface area (TPSA) is 34.9 Å². The summed E-state index contributed by atoms with van der Waals surface area (Å²) in [6, 6.07) is 2.01. The highest BCUT2D eigenvalue weighted by molar-refractivity contribution is 5.78. The third kappa shape index (κ3) is 4.28. The minimum atomic E-state index is 0.382. The Morgan fingerprint density at radius 1 is 1.53 bits per heavy atom. The first kappa shape index (κ1) is 12.0. The molecule has 3 heteroatoms. The van der Waals surface area contributed by atoms with Gasteiger partial charge in [0.1, 0.15) is 5.78 Å². The molecule has 0 saturated carbocycles. The van der Waals surface area contributed by atoms with E-state index in [1.54, 1.807) is 6.20 Å². The number of aromatic nitrogens is 2. The normalized spacial score (nSPS) is 10.9. The number of rotatable bonds is 6. The molecule has 0 aliphatic rings. The molecule has 0 N–H and O–H groups in total. The number of carbonyl (C=O) groups is 1. The molecule has 0 saturated heterocycles. The summed E-state index contributed by atoms with van der Waals surface area (Å²) in [5, 5.41) is 4.09. The zero-order valence-corrected chi connectivity index (χ0v) is 9.86. The van der Waals surface area contributed by atoms with Gasteiger partial charge in [-0.1, -0.05) is 13.8 Å². The Balaban J connectivity index is 2.22. The third-order valence-corrected chi connectivity index (χ3v) is 2.45. The molecule has 3 nitrogen and oxygen atoms in total. The maximum Gasteiger partial charge on any atom is 0.133 e. The summed E-state index contributed by atoms with van der Waals surface area (Å²) in [6.45, 7) is 4.16. The van der Waals surface area contributed by atoms with Crippen LogP contribution in [-0.4, -0.2) is 15.6 Å². The highest BCUT2D eigenvalue weighted by atomic mass is 16.1. The Kier molecular flexibility index (Phi) is 4.53. The van der Waals surface area contributed by atoms with Gasteiger partial charge in [-0.15, -0.1) is 0 Å². The summed E-state index contributed by atoms with van der Waals surface area (Å²) in [4.78, 5) is 11.4. The fourth-order valence-corrected chi connectivity index (χ4v) is 1.67. The number of hydrogen-bond acceptors (Lipinski definition) is 2. The fourth-order valence-electron chi connectivity index (χ4n) is 1.67. The van der Waals surface area contributed by atoms with Crippen LogP contribution in [0.25, 0.3) is 0 Å². The van der Waals surface area contributed by atoms with Crippen LogP contribution in [0.4, 0.5) is 0 Å². The molecule has 84 valence electrons. The van der Waals surface area contributed by atoms with Crippen LogP contribution in [0.1, 0.15) is 38.8 Å². The van der Waals surface area contributed by atoms with Gasteiger partial charge >= 0.3 is 0 Å². The van der Waals surface area contributed by atoms with Crippen LogP contribution < -0.4 is 0 Å². The maximum absolute atomic E-state index is 11.4. The zero-order valence-electron chi connectivity index (χ0n) is 9.86. The first-order chi connectivity index (χ1) is 7.09. The van der Waals surface area contributed by atoms with Gasteiger partial charge in [0.25, 0.3) is 0 Å². The van der Waals surface area contributed by atoms with Crippen molar-refractivity contribution >= 4 is 5.78 Å². The molecule has 15 heavy (non-hydrogen) atoms. The second-order valence-corrected chi connectivity index (χ2v) is 4.44. The lowest BCUT2D eigenvalue weighted by molar-refractivity contribution is -0.119. The first-order valence-corrected chi connectivity index (χ1v) is 5.58. The standard InChI is InChI=1S/C12H20N2O/c1-10(2)9-12(15)6-4-5-11-7-8-13-14(11)3/h7-8,10H,4-6,9H2,1-3H3. The summed E-state index contributed by atoms with van der Waals surface area (Å²) in [5.74, 6) is 0.862. The Morgan fingerprint density at radius 2 is 2.27 bits per heavy atom. The van der Waals surface area contributed by atoms with E-state index in [4.69, 9.17) is 0 Å². The SMILES string of the molecule is CC(C)CC(=O)CCCc1ccnn1C. The average molecular weight is 208 g/mol. The van der Waals surface area contributed by atoms with E-state index in [0.29, 0.717) is 24.5 Å². The number of nitrogens with zero attached hydrogens (tertiary/aromatic N) is 2. The van der Waals surface area contributed by atoms with Crippen molar-refractivity contribution in [2.45, 2.75) is 39.5 Å². The van der Waals surface area contributed by atoms with E-state index >= 15 is 0 Å². The van der Waals surface area contributed by atoms with Gasteiger partial charge in [0.2, 0.25) is 0 Å². The van der Waals surface area contributed by atoms with Crippen LogP contribution in [-0.2, 0) is 18.3 Å². The first-order valence-electron chi connectivity index (χ1n) is 5.58. The van der Waals surface area contributed by atoms with E-state index in [-0.39, 0.29) is 0 Å². The van der Waals surface area contributed by atoms with Crippen LogP contribution in [0.3, 0.4) is 0 Å². The number of carbonyl (C=O) groups excluding carboxylic acids is 1. The van der Waals surface area contributed by atoms with Gasteiger partial charge in [-0.2, -0.15) is 5.10 Å². The molecule has 0 amide bonds. The Hall–Kier alpha value is -1.12. The van der Waals surface area contributed by atoms with Crippen molar-refractivity contribution in [3.8, 4) is 0 Å². The van der Waals surface area contributed by atoms with Crippen LogP contribution in [0.5, 0.6) is 0 Å². The quantitative estimate of drug-likeness (QED) is 0.719. The number of aryl methyl sites for hydroxylation is 2. The van der Waals surface area contributed by atoms with Gasteiger partial charge in [-0.05, 0) is 24.8 Å². The largest absolute Gasteiger partial charge is 0.300 e. The predicted octanol–water partition coefficient (Wildman–Crippen LogP) is 2.36. The van der Waals surface area contributed by atoms with Crippen molar-refractivity contribution in [3.63, 3.8) is 0 Å². The molecule has 0 radical (unpaired) electrons. The molecular formula is C12H20N2O. The van der Waals surface area contributed by atoms with Gasteiger partial charge < -0.3 is 0 Å². The third-order valence-electron chi connectivity index (χ3n) is 2.45. The molecule has 1 heterocycles. The van der Waals surface area contributed by atoms with Gasteiger partial charge in [0, 0.05) is 31.8 Å². The lowest BCUT2D eigenvalue weighted by atomic mass is 10.0. The summed E-state index contributed by atoms with van der Waals surface area (Å²) in [5.41, 5.74) is 1.20. The second kappa shape index (κ2) is 5.69. The highest BCUT2D eigenvalue weighted by Gasteiger charge is 2.05. The fraction of sp³-hybridized carbons (Fsp3) is 0.667. The van der Waals surface area contributed by atoms with Crippen LogP contribution >= 0.6 is 0 Å².